The molecule has 0 unspecified atom stereocenters. The maximum atomic E-state index is 4.67. The topological polar surface area (TPSA) is 24.9 Å². The van der Waals surface area contributed by atoms with E-state index in [1.165, 1.54) is 24.1 Å². The van der Waals surface area contributed by atoms with Gasteiger partial charge in [0.1, 0.15) is 5.82 Å². The van der Waals surface area contributed by atoms with Crippen LogP contribution in [-0.2, 0) is 11.8 Å². The lowest BCUT2D eigenvalue weighted by Crippen LogP contribution is -2.18. The van der Waals surface area contributed by atoms with Crippen molar-refractivity contribution in [1.82, 2.24) is 4.98 Å². The van der Waals surface area contributed by atoms with Crippen LogP contribution >= 0.6 is 0 Å². The van der Waals surface area contributed by atoms with Gasteiger partial charge in [0.2, 0.25) is 0 Å². The second-order valence-electron chi connectivity index (χ2n) is 4.98. The summed E-state index contributed by atoms with van der Waals surface area (Å²) in [7, 11) is 0. The lowest BCUT2D eigenvalue weighted by atomic mass is 9.91. The number of aromatic nitrogens is 1. The maximum absolute atomic E-state index is 4.67. The van der Waals surface area contributed by atoms with Crippen LogP contribution in [-0.4, -0.2) is 11.5 Å². The number of anilines is 1. The van der Waals surface area contributed by atoms with E-state index in [1.54, 1.807) is 0 Å². The van der Waals surface area contributed by atoms with Crippen LogP contribution in [0.4, 0.5) is 5.82 Å². The summed E-state index contributed by atoms with van der Waals surface area (Å²) in [5.41, 5.74) is 2.68. The summed E-state index contributed by atoms with van der Waals surface area (Å²) in [6.45, 7) is 7.66. The van der Waals surface area contributed by atoms with Crippen molar-refractivity contribution in [2.24, 2.45) is 0 Å². The van der Waals surface area contributed by atoms with Crippen molar-refractivity contribution in [2.75, 3.05) is 11.9 Å². The van der Waals surface area contributed by atoms with Crippen LogP contribution in [0.2, 0.25) is 0 Å². The fourth-order valence-corrected chi connectivity index (χ4v) is 1.75. The van der Waals surface area contributed by atoms with Gasteiger partial charge in [-0.25, -0.2) is 4.98 Å². The van der Waals surface area contributed by atoms with Gasteiger partial charge in [0.05, 0.1) is 0 Å². The molecule has 0 amide bonds. The Morgan fingerprint density at radius 3 is 2.79 bits per heavy atom. The van der Waals surface area contributed by atoms with Crippen molar-refractivity contribution in [3.05, 3.63) is 23.4 Å². The first-order valence-electron chi connectivity index (χ1n) is 5.32. The summed E-state index contributed by atoms with van der Waals surface area (Å²) in [5.74, 6) is 1.10. The van der Waals surface area contributed by atoms with Crippen LogP contribution in [0.15, 0.2) is 12.1 Å². The van der Waals surface area contributed by atoms with Gasteiger partial charge < -0.3 is 5.32 Å². The first kappa shape index (κ1) is 9.50. The van der Waals surface area contributed by atoms with E-state index in [0.29, 0.717) is 0 Å². The molecule has 0 aliphatic carbocycles. The quantitative estimate of drug-likeness (QED) is 0.680. The van der Waals surface area contributed by atoms with Crippen LogP contribution < -0.4 is 5.32 Å². The minimum Gasteiger partial charge on any atom is -0.370 e. The highest BCUT2D eigenvalue weighted by Crippen LogP contribution is 2.25. The van der Waals surface area contributed by atoms with E-state index in [4.69, 9.17) is 0 Å². The van der Waals surface area contributed by atoms with Crippen LogP contribution in [0.1, 0.15) is 38.4 Å². The third kappa shape index (κ3) is 1.74. The third-order valence-electron chi connectivity index (χ3n) is 2.66. The van der Waals surface area contributed by atoms with Gasteiger partial charge in [0.25, 0.3) is 0 Å². The molecule has 0 saturated carbocycles. The molecule has 0 aromatic carbocycles. The SMILES string of the molecule is CC(C)(C)c1ccc2c(n1)NCCC2. The van der Waals surface area contributed by atoms with E-state index in [-0.39, 0.29) is 5.41 Å². The van der Waals surface area contributed by atoms with Gasteiger partial charge in [0, 0.05) is 17.7 Å². The maximum Gasteiger partial charge on any atom is 0.129 e. The average molecular weight is 190 g/mol. The van der Waals surface area contributed by atoms with Crippen molar-refractivity contribution in [1.29, 1.82) is 0 Å². The molecular weight excluding hydrogens is 172 g/mol. The molecule has 1 aromatic heterocycles. The molecule has 76 valence electrons. The Morgan fingerprint density at radius 1 is 1.29 bits per heavy atom. The summed E-state index contributed by atoms with van der Waals surface area (Å²) in [4.78, 5) is 4.67. The zero-order valence-corrected chi connectivity index (χ0v) is 9.22. The molecule has 1 aliphatic heterocycles. The molecule has 1 aliphatic rings. The summed E-state index contributed by atoms with van der Waals surface area (Å²) in [5, 5.41) is 3.36. The molecule has 1 aromatic rings. The molecule has 0 spiro atoms. The number of aryl methyl sites for hydroxylation is 1. The van der Waals surface area contributed by atoms with E-state index >= 15 is 0 Å². The van der Waals surface area contributed by atoms with Crippen molar-refractivity contribution >= 4 is 5.82 Å². The number of nitrogens with one attached hydrogen (secondary N) is 1. The first-order chi connectivity index (χ1) is 6.57. The van der Waals surface area contributed by atoms with Gasteiger partial charge in [-0.1, -0.05) is 26.8 Å². The van der Waals surface area contributed by atoms with Crippen molar-refractivity contribution < 1.29 is 0 Å². The molecule has 2 nitrogen and oxygen atoms in total. The van der Waals surface area contributed by atoms with Crippen molar-refractivity contribution in [3.8, 4) is 0 Å². The molecule has 0 radical (unpaired) electrons. The van der Waals surface area contributed by atoms with Gasteiger partial charge in [0.15, 0.2) is 0 Å². The normalized spacial score (nSPS) is 15.9. The monoisotopic (exact) mass is 190 g/mol. The Labute approximate surface area is 85.7 Å². The van der Waals surface area contributed by atoms with Crippen LogP contribution in [0.3, 0.4) is 0 Å². The Balaban J connectivity index is 2.39. The van der Waals surface area contributed by atoms with E-state index in [0.717, 1.165) is 12.4 Å². The second-order valence-corrected chi connectivity index (χ2v) is 4.98. The second kappa shape index (κ2) is 3.26. The van der Waals surface area contributed by atoms with E-state index in [9.17, 15) is 0 Å². The third-order valence-corrected chi connectivity index (χ3v) is 2.66. The molecular formula is C12H18N2. The van der Waals surface area contributed by atoms with Crippen LogP contribution in [0.25, 0.3) is 0 Å². The number of pyridine rings is 1. The van der Waals surface area contributed by atoms with Gasteiger partial charge >= 0.3 is 0 Å². The molecule has 1 N–H and O–H groups in total. The number of hydrogen-bond acceptors (Lipinski definition) is 2. The minimum absolute atomic E-state index is 0.147. The predicted octanol–water partition coefficient (Wildman–Crippen LogP) is 2.74. The summed E-state index contributed by atoms with van der Waals surface area (Å²) in [6.07, 6.45) is 2.39. The largest absolute Gasteiger partial charge is 0.370 e. The summed E-state index contributed by atoms with van der Waals surface area (Å²) in [6, 6.07) is 4.38. The fourth-order valence-electron chi connectivity index (χ4n) is 1.75. The molecule has 0 saturated heterocycles. The first-order valence-corrected chi connectivity index (χ1v) is 5.32. The number of rotatable bonds is 0. The minimum atomic E-state index is 0.147. The van der Waals surface area contributed by atoms with Gasteiger partial charge in [-0.2, -0.15) is 0 Å². The zero-order valence-electron chi connectivity index (χ0n) is 9.22. The highest BCUT2D eigenvalue weighted by atomic mass is 15.0. The fraction of sp³-hybridized carbons (Fsp3) is 0.583. The van der Waals surface area contributed by atoms with E-state index in [2.05, 4.69) is 43.2 Å². The summed E-state index contributed by atoms with van der Waals surface area (Å²) < 4.78 is 0. The Morgan fingerprint density at radius 2 is 2.07 bits per heavy atom. The smallest absolute Gasteiger partial charge is 0.129 e. The van der Waals surface area contributed by atoms with Crippen molar-refractivity contribution in [3.63, 3.8) is 0 Å². The highest BCUT2D eigenvalue weighted by molar-refractivity contribution is 5.47. The molecule has 0 fully saturated rings. The zero-order chi connectivity index (χ0) is 10.2. The Bertz CT molecular complexity index is 337. The van der Waals surface area contributed by atoms with Gasteiger partial charge in [-0.05, 0) is 24.5 Å². The van der Waals surface area contributed by atoms with Gasteiger partial charge in [-0.15, -0.1) is 0 Å². The molecule has 0 bridgehead atoms. The van der Waals surface area contributed by atoms with Crippen LogP contribution in [0, 0.1) is 0 Å². The average Bonchev–Trinajstić information content (AvgIpc) is 2.16. The predicted molar refractivity (Wildman–Crippen MR) is 59.7 cm³/mol. The highest BCUT2D eigenvalue weighted by Gasteiger charge is 2.18. The lowest BCUT2D eigenvalue weighted by Gasteiger charge is -2.22. The number of fused-ring (bicyclic) bond motifs is 1. The molecule has 14 heavy (non-hydrogen) atoms. The number of hydrogen-bond donors (Lipinski definition) is 1. The Kier molecular flexibility index (Phi) is 2.22. The van der Waals surface area contributed by atoms with E-state index < -0.39 is 0 Å². The lowest BCUT2D eigenvalue weighted by molar-refractivity contribution is 0.568. The van der Waals surface area contributed by atoms with E-state index in [1.807, 2.05) is 0 Å². The summed E-state index contributed by atoms with van der Waals surface area (Å²) >= 11 is 0. The van der Waals surface area contributed by atoms with Gasteiger partial charge in [-0.3, -0.25) is 0 Å². The van der Waals surface area contributed by atoms with Crippen LogP contribution in [0.5, 0.6) is 0 Å². The Hall–Kier alpha value is -1.05. The standard InChI is InChI=1S/C12H18N2/c1-12(2,3)10-7-6-9-5-4-8-13-11(9)14-10/h6-7H,4-5,8H2,1-3H3,(H,13,14). The molecule has 2 heterocycles. The van der Waals surface area contributed by atoms with Crippen molar-refractivity contribution in [2.45, 2.75) is 39.0 Å². The molecule has 2 rings (SSSR count). The molecule has 0 atom stereocenters. The number of nitrogens with zero attached hydrogens (tertiary/aromatic N) is 1. The molecule has 2 heteroatoms.